The van der Waals surface area contributed by atoms with Gasteiger partial charge in [-0.3, -0.25) is 24.4 Å². The molecule has 4 aliphatic heterocycles. The van der Waals surface area contributed by atoms with Crippen LogP contribution in [0.3, 0.4) is 0 Å². The lowest BCUT2D eigenvalue weighted by molar-refractivity contribution is -0.881. The van der Waals surface area contributed by atoms with Crippen molar-refractivity contribution in [3.63, 3.8) is 0 Å². The van der Waals surface area contributed by atoms with Gasteiger partial charge in [0.25, 0.3) is 12.3 Å². The van der Waals surface area contributed by atoms with Crippen LogP contribution in [0.2, 0.25) is 0 Å². The number of benzene rings is 1. The summed E-state index contributed by atoms with van der Waals surface area (Å²) >= 11 is 0. The van der Waals surface area contributed by atoms with Gasteiger partial charge in [0, 0.05) is 82.3 Å². The highest BCUT2D eigenvalue weighted by Crippen LogP contribution is 2.34. The van der Waals surface area contributed by atoms with Crippen LogP contribution in [0, 0.1) is 5.92 Å². The number of hydrogen-bond acceptors (Lipinski definition) is 11. The van der Waals surface area contributed by atoms with E-state index < -0.39 is 24.0 Å². The Hall–Kier alpha value is -5.33. The summed E-state index contributed by atoms with van der Waals surface area (Å²) in [6, 6.07) is 8.69. The molecule has 7 heterocycles. The monoisotopic (exact) mass is 813 g/mol. The van der Waals surface area contributed by atoms with Gasteiger partial charge in [-0.05, 0) is 69.3 Å². The molecule has 18 heteroatoms. The molecule has 4 aromatic rings. The number of carbonyl (C=O) groups is 3. The van der Waals surface area contributed by atoms with Crippen molar-refractivity contribution in [3.05, 3.63) is 59.8 Å². The molecule has 4 fully saturated rings. The second-order valence-corrected chi connectivity index (χ2v) is 16.5. The first kappa shape index (κ1) is 39.1. The summed E-state index contributed by atoms with van der Waals surface area (Å²) in [6.45, 7) is 5.40. The van der Waals surface area contributed by atoms with E-state index in [0.717, 1.165) is 80.4 Å². The number of amides is 3. The number of rotatable bonds is 10. The van der Waals surface area contributed by atoms with Gasteiger partial charge in [-0.1, -0.05) is 5.10 Å². The van der Waals surface area contributed by atoms with E-state index >= 15 is 0 Å². The second kappa shape index (κ2) is 16.4. The van der Waals surface area contributed by atoms with Crippen LogP contribution in [0.15, 0.2) is 53.7 Å². The van der Waals surface area contributed by atoms with E-state index in [4.69, 9.17) is 9.84 Å². The largest absolute Gasteiger partial charge is 0.378 e. The molecule has 0 radical (unpaired) electrons. The Labute approximate surface area is 340 Å². The van der Waals surface area contributed by atoms with Gasteiger partial charge in [0.2, 0.25) is 11.8 Å². The zero-order valence-corrected chi connectivity index (χ0v) is 33.4. The summed E-state index contributed by atoms with van der Waals surface area (Å²) in [5.41, 5.74) is 3.02. The molecule has 0 bridgehead atoms. The predicted molar refractivity (Wildman–Crippen MR) is 215 cm³/mol. The van der Waals surface area contributed by atoms with Gasteiger partial charge in [-0.15, -0.1) is 0 Å². The van der Waals surface area contributed by atoms with Crippen LogP contribution in [-0.2, 0) is 21.4 Å². The fourth-order valence-electron chi connectivity index (χ4n) is 9.55. The number of nitrogens with zero attached hydrogens (tertiary/aromatic N) is 9. The molecular formula is C41H51F2N12O4+. The molecule has 312 valence electrons. The molecule has 3 amide bonds. The Bertz CT molecular complexity index is 2300. The molecule has 5 aliphatic rings. The van der Waals surface area contributed by atoms with Crippen molar-refractivity contribution in [2.75, 3.05) is 62.8 Å². The number of fused-ring (bicyclic) bond motifs is 2. The Balaban J connectivity index is 0.771. The smallest absolute Gasteiger partial charge is 0.287 e. The van der Waals surface area contributed by atoms with Crippen LogP contribution >= 0.6 is 0 Å². The molecule has 3 saturated heterocycles. The average molecular weight is 814 g/mol. The van der Waals surface area contributed by atoms with E-state index in [-0.39, 0.29) is 29.1 Å². The van der Waals surface area contributed by atoms with Crippen LogP contribution in [0.25, 0.3) is 16.6 Å². The van der Waals surface area contributed by atoms with E-state index in [9.17, 15) is 23.2 Å². The third kappa shape index (κ3) is 7.92. The maximum atomic E-state index is 14.3. The molecular weight excluding hydrogens is 763 g/mol. The molecule has 1 saturated carbocycles. The van der Waals surface area contributed by atoms with Crippen molar-refractivity contribution in [1.82, 2.24) is 39.9 Å². The number of imide groups is 1. The number of quaternary nitrogens is 1. The Kier molecular flexibility index (Phi) is 10.9. The minimum absolute atomic E-state index is 0.0362. The summed E-state index contributed by atoms with van der Waals surface area (Å²) in [6.07, 6.45) is 8.50. The minimum atomic E-state index is -2.83. The third-order valence-corrected chi connectivity index (χ3v) is 12.9. The first-order valence-electron chi connectivity index (χ1n) is 20.8. The number of alkyl halides is 2. The van der Waals surface area contributed by atoms with Crippen molar-refractivity contribution in [3.8, 4) is 0 Å². The number of aromatic nitrogens is 5. The minimum Gasteiger partial charge on any atom is -0.378 e. The van der Waals surface area contributed by atoms with E-state index in [1.54, 1.807) is 12.4 Å². The molecule has 0 spiro atoms. The topological polar surface area (TPSA) is 159 Å². The van der Waals surface area contributed by atoms with E-state index in [2.05, 4.69) is 65.8 Å². The van der Waals surface area contributed by atoms with Crippen molar-refractivity contribution in [2.24, 2.45) is 18.1 Å². The van der Waals surface area contributed by atoms with Crippen molar-refractivity contribution in [2.45, 2.75) is 75.8 Å². The maximum Gasteiger partial charge on any atom is 0.287 e. The molecule has 59 heavy (non-hydrogen) atoms. The van der Waals surface area contributed by atoms with Gasteiger partial charge >= 0.3 is 0 Å². The highest BCUT2D eigenvalue weighted by atomic mass is 19.3. The van der Waals surface area contributed by atoms with Gasteiger partial charge in [0.05, 0.1) is 36.5 Å². The summed E-state index contributed by atoms with van der Waals surface area (Å²) in [5.74, 6) is -0.276. The van der Waals surface area contributed by atoms with Crippen molar-refractivity contribution in [1.29, 1.82) is 0 Å². The lowest BCUT2D eigenvalue weighted by Crippen LogP contribution is -3.06. The number of ether oxygens (including phenoxy) is 1. The zero-order valence-electron chi connectivity index (χ0n) is 33.4. The Morgan fingerprint density at radius 3 is 2.56 bits per heavy atom. The summed E-state index contributed by atoms with van der Waals surface area (Å²) in [5, 5.41) is 20.1. The van der Waals surface area contributed by atoms with Crippen LogP contribution in [0.1, 0.15) is 73.3 Å². The molecule has 2 atom stereocenters. The fourth-order valence-corrected chi connectivity index (χ4v) is 9.55. The Morgan fingerprint density at radius 1 is 1.03 bits per heavy atom. The van der Waals surface area contributed by atoms with Gasteiger partial charge in [0.1, 0.15) is 29.3 Å². The number of piperidine rings is 2. The molecule has 16 nitrogen and oxygen atoms in total. The van der Waals surface area contributed by atoms with Gasteiger partial charge < -0.3 is 24.8 Å². The highest BCUT2D eigenvalue weighted by molar-refractivity contribution is 6.09. The molecule has 1 aliphatic carbocycles. The number of morpholine rings is 1. The van der Waals surface area contributed by atoms with E-state index in [1.165, 1.54) is 10.7 Å². The van der Waals surface area contributed by atoms with Gasteiger partial charge in [-0.25, -0.2) is 18.3 Å². The van der Waals surface area contributed by atoms with E-state index in [0.29, 0.717) is 67.6 Å². The molecule has 9 rings (SSSR count). The summed E-state index contributed by atoms with van der Waals surface area (Å²) < 4.78 is 37.4. The number of allylic oxidation sites excluding steroid dienone is 1. The fraction of sp³-hybridized carbons (Fsp3) is 0.537. The number of hydrogen-bond donors (Lipinski definition) is 3. The molecule has 3 aromatic heterocycles. The maximum absolute atomic E-state index is 14.3. The Morgan fingerprint density at radius 2 is 1.81 bits per heavy atom. The number of anilines is 2. The molecule has 2 unspecified atom stereocenters. The van der Waals surface area contributed by atoms with Crippen LogP contribution in [0.5, 0.6) is 0 Å². The highest BCUT2D eigenvalue weighted by Gasteiger charge is 2.38. The first-order valence-corrected chi connectivity index (χ1v) is 20.8. The number of aryl methyl sites for hydroxylation is 1. The van der Waals surface area contributed by atoms with Crippen molar-refractivity contribution < 1.29 is 32.9 Å². The SMILES string of the molecule is CN(CC1CCC([NH+]2C=C(NC(=O)c3cnn4ccc(N5CCOCC5)nc34)C(C(F)F)=N2)CC1)C1CCN(c2ccc3c(C4CCC(=O)NC4=O)nn(C)c3c2)CC1. The lowest BCUT2D eigenvalue weighted by atomic mass is 9.85. The first-order chi connectivity index (χ1) is 28.6. The molecule has 1 aromatic carbocycles. The summed E-state index contributed by atoms with van der Waals surface area (Å²) in [7, 11) is 4.12. The van der Waals surface area contributed by atoms with Crippen LogP contribution < -0.4 is 25.4 Å². The van der Waals surface area contributed by atoms with Gasteiger partial charge in [-0.2, -0.15) is 15.2 Å². The number of nitrogens with one attached hydrogen (secondary N) is 3. The van der Waals surface area contributed by atoms with E-state index in [1.807, 2.05) is 17.8 Å². The number of halogens is 2. The second-order valence-electron chi connectivity index (χ2n) is 16.5. The van der Waals surface area contributed by atoms with Gasteiger partial charge in [0.15, 0.2) is 11.4 Å². The van der Waals surface area contributed by atoms with Crippen LogP contribution in [0.4, 0.5) is 20.3 Å². The average Bonchev–Trinajstić information content (AvgIpc) is 3.96. The zero-order chi connectivity index (χ0) is 40.8. The lowest BCUT2D eigenvalue weighted by Gasteiger charge is -2.40. The predicted octanol–water partition coefficient (Wildman–Crippen LogP) is 2.22. The standard InChI is InChI=1S/C41H50F2N12O4/c1-50(26-11-14-52(15-12-26)28-7-8-29-33(21-28)51(2)48-36(29)30-9-10-35(56)47-40(30)57)23-25-3-5-27(6-4-25)55-24-32(37(49-55)38(42)43)45-41(58)31-22-44-54-16-13-34(46-39(31)54)53-17-19-59-20-18-53/h7-8,13,16,21-22,24-27,30,38H,3-6,9-12,14-15,17-20,23H2,1-2H3,(H,45,58)(H,47,56,57)/p+1. The van der Waals surface area contributed by atoms with Crippen LogP contribution in [-0.4, -0.2) is 124 Å². The number of carbonyl (C=O) groups excluding carboxylic acids is 3. The quantitative estimate of drug-likeness (QED) is 0.203. The van der Waals surface area contributed by atoms with Crippen molar-refractivity contribution >= 4 is 51.5 Å². The molecule has 3 N–H and O–H groups in total. The third-order valence-electron chi connectivity index (χ3n) is 12.9. The summed E-state index contributed by atoms with van der Waals surface area (Å²) in [4.78, 5) is 49.4. The normalized spacial score (nSPS) is 24.6.